The molecule has 2 aromatic rings. The highest BCUT2D eigenvalue weighted by Crippen LogP contribution is 2.34. The van der Waals surface area contributed by atoms with Gasteiger partial charge in [-0.2, -0.15) is 18.4 Å². The van der Waals surface area contributed by atoms with Crippen molar-refractivity contribution in [3.8, 4) is 6.07 Å². The molecule has 0 radical (unpaired) electrons. The topological polar surface area (TPSA) is 64.9 Å². The molecule has 0 spiro atoms. The fraction of sp³-hybridized carbons (Fsp3) is 0.158. The highest BCUT2D eigenvalue weighted by molar-refractivity contribution is 6.06. The van der Waals surface area contributed by atoms with Crippen molar-refractivity contribution < 1.29 is 18.0 Å². The van der Waals surface area contributed by atoms with Gasteiger partial charge in [-0.25, -0.2) is 0 Å². The summed E-state index contributed by atoms with van der Waals surface area (Å²) in [5.74, 6) is -0.919. The van der Waals surface area contributed by atoms with Crippen LogP contribution >= 0.6 is 0 Å². The average Bonchev–Trinajstić information content (AvgIpc) is 2.62. The van der Waals surface area contributed by atoms with Gasteiger partial charge in [0.2, 0.25) is 0 Å². The molecule has 7 heteroatoms. The van der Waals surface area contributed by atoms with E-state index >= 15 is 0 Å². The Kier molecular flexibility index (Phi) is 6.02. The van der Waals surface area contributed by atoms with Crippen LogP contribution in [-0.2, 0) is 11.0 Å². The van der Waals surface area contributed by atoms with Crippen LogP contribution in [0.4, 0.5) is 18.9 Å². The smallest absolute Gasteiger partial charge is 0.383 e. The Labute approximate surface area is 149 Å². The van der Waals surface area contributed by atoms with E-state index in [1.807, 2.05) is 37.3 Å². The molecule has 0 aromatic heterocycles. The first kappa shape index (κ1) is 19.1. The molecule has 1 amide bonds. The minimum atomic E-state index is -4.61. The summed E-state index contributed by atoms with van der Waals surface area (Å²) in [5.41, 5.74) is -0.771. The molecule has 2 aromatic carbocycles. The van der Waals surface area contributed by atoms with E-state index in [1.54, 1.807) is 6.07 Å². The minimum Gasteiger partial charge on any atom is -0.383 e. The van der Waals surface area contributed by atoms with Crippen molar-refractivity contribution in [1.82, 2.24) is 5.32 Å². The molecule has 0 aliphatic heterocycles. The molecule has 0 aliphatic rings. The Morgan fingerprint density at radius 1 is 1.12 bits per heavy atom. The standard InChI is InChI=1S/C19H16F3N3O/c1-13(14-7-3-2-4-8-14)24-12-15(11-23)18(26)25-17-10-6-5-9-16(17)19(20,21)22/h2-10,12-13,24H,1H3,(H,25,26)/b15-12-. The van der Waals surface area contributed by atoms with E-state index < -0.39 is 23.3 Å². The number of hydrogen-bond donors (Lipinski definition) is 2. The second-order valence-electron chi connectivity index (χ2n) is 5.47. The number of carbonyl (C=O) groups excluding carboxylic acids is 1. The first-order valence-electron chi connectivity index (χ1n) is 7.71. The lowest BCUT2D eigenvalue weighted by Gasteiger charge is -2.14. The SMILES string of the molecule is CC(N/C=C(/C#N)C(=O)Nc1ccccc1C(F)(F)F)c1ccccc1. The number of anilines is 1. The molecule has 0 heterocycles. The lowest BCUT2D eigenvalue weighted by atomic mass is 10.1. The Morgan fingerprint density at radius 3 is 2.35 bits per heavy atom. The zero-order chi connectivity index (χ0) is 19.2. The van der Waals surface area contributed by atoms with Gasteiger partial charge in [0.25, 0.3) is 5.91 Å². The lowest BCUT2D eigenvalue weighted by molar-refractivity contribution is -0.137. The molecule has 1 atom stereocenters. The van der Waals surface area contributed by atoms with E-state index in [2.05, 4.69) is 10.6 Å². The van der Waals surface area contributed by atoms with Crippen molar-refractivity contribution in [1.29, 1.82) is 5.26 Å². The number of para-hydroxylation sites is 1. The first-order valence-corrected chi connectivity index (χ1v) is 7.71. The number of alkyl halides is 3. The van der Waals surface area contributed by atoms with E-state index in [0.29, 0.717) is 0 Å². The van der Waals surface area contributed by atoms with Crippen molar-refractivity contribution in [3.63, 3.8) is 0 Å². The maximum Gasteiger partial charge on any atom is 0.418 e. The average molecular weight is 359 g/mol. The second kappa shape index (κ2) is 8.21. The monoisotopic (exact) mass is 359 g/mol. The van der Waals surface area contributed by atoms with Gasteiger partial charge in [-0.15, -0.1) is 0 Å². The molecule has 0 fully saturated rings. The molecule has 1 unspecified atom stereocenters. The fourth-order valence-electron chi connectivity index (χ4n) is 2.22. The first-order chi connectivity index (χ1) is 12.3. The Balaban J connectivity index is 2.14. The van der Waals surface area contributed by atoms with Crippen LogP contribution in [0, 0.1) is 11.3 Å². The number of benzene rings is 2. The third-order valence-electron chi connectivity index (χ3n) is 3.62. The molecule has 134 valence electrons. The van der Waals surface area contributed by atoms with Gasteiger partial charge in [-0.05, 0) is 24.6 Å². The van der Waals surface area contributed by atoms with Crippen LogP contribution in [0.15, 0.2) is 66.4 Å². The normalized spacial score (nSPS) is 12.8. The van der Waals surface area contributed by atoms with Gasteiger partial charge in [-0.1, -0.05) is 42.5 Å². The van der Waals surface area contributed by atoms with Gasteiger partial charge < -0.3 is 10.6 Å². The summed E-state index contributed by atoms with van der Waals surface area (Å²) < 4.78 is 38.9. The zero-order valence-electron chi connectivity index (χ0n) is 13.8. The zero-order valence-corrected chi connectivity index (χ0v) is 13.8. The van der Waals surface area contributed by atoms with Gasteiger partial charge >= 0.3 is 6.18 Å². The van der Waals surface area contributed by atoms with E-state index in [-0.39, 0.29) is 11.6 Å². The van der Waals surface area contributed by atoms with Crippen molar-refractivity contribution in [2.75, 3.05) is 5.32 Å². The Hall–Kier alpha value is -3.27. The molecule has 2 rings (SSSR count). The largest absolute Gasteiger partial charge is 0.418 e. The molecule has 0 aliphatic carbocycles. The van der Waals surface area contributed by atoms with Crippen LogP contribution in [0.2, 0.25) is 0 Å². The predicted molar refractivity (Wildman–Crippen MR) is 91.8 cm³/mol. The van der Waals surface area contributed by atoms with Gasteiger partial charge in [-0.3, -0.25) is 4.79 Å². The summed E-state index contributed by atoms with van der Waals surface area (Å²) in [6.45, 7) is 1.83. The van der Waals surface area contributed by atoms with Crippen molar-refractivity contribution in [2.45, 2.75) is 19.1 Å². The highest BCUT2D eigenvalue weighted by Gasteiger charge is 2.33. The summed E-state index contributed by atoms with van der Waals surface area (Å²) in [5, 5.41) is 14.2. The number of nitrogens with one attached hydrogen (secondary N) is 2. The highest BCUT2D eigenvalue weighted by atomic mass is 19.4. The van der Waals surface area contributed by atoms with E-state index in [0.717, 1.165) is 17.7 Å². The number of nitriles is 1. The summed E-state index contributed by atoms with van der Waals surface area (Å²) in [6, 6.07) is 15.4. The van der Waals surface area contributed by atoms with Crippen LogP contribution in [-0.4, -0.2) is 5.91 Å². The van der Waals surface area contributed by atoms with Crippen molar-refractivity contribution in [2.24, 2.45) is 0 Å². The Bertz CT molecular complexity index is 839. The van der Waals surface area contributed by atoms with Gasteiger partial charge in [0.1, 0.15) is 11.6 Å². The summed E-state index contributed by atoms with van der Waals surface area (Å²) in [6.07, 6.45) is -3.41. The van der Waals surface area contributed by atoms with Gasteiger partial charge in [0.15, 0.2) is 0 Å². The van der Waals surface area contributed by atoms with Crippen molar-refractivity contribution in [3.05, 3.63) is 77.5 Å². The van der Waals surface area contributed by atoms with Crippen LogP contribution < -0.4 is 10.6 Å². The molecular weight excluding hydrogens is 343 g/mol. The lowest BCUT2D eigenvalue weighted by Crippen LogP contribution is -2.20. The van der Waals surface area contributed by atoms with Crippen molar-refractivity contribution >= 4 is 11.6 Å². The molecule has 0 saturated carbocycles. The summed E-state index contributed by atoms with van der Waals surface area (Å²) >= 11 is 0. The maximum absolute atomic E-state index is 13.0. The summed E-state index contributed by atoms with van der Waals surface area (Å²) in [7, 11) is 0. The molecule has 4 nitrogen and oxygen atoms in total. The summed E-state index contributed by atoms with van der Waals surface area (Å²) in [4.78, 5) is 12.2. The molecule has 0 bridgehead atoms. The third-order valence-corrected chi connectivity index (χ3v) is 3.62. The van der Waals surface area contributed by atoms with Gasteiger partial charge in [0, 0.05) is 12.2 Å². The number of halogens is 3. The number of carbonyl (C=O) groups is 1. The van der Waals surface area contributed by atoms with Crippen LogP contribution in [0.25, 0.3) is 0 Å². The van der Waals surface area contributed by atoms with E-state index in [1.165, 1.54) is 18.3 Å². The third kappa shape index (κ3) is 4.86. The quantitative estimate of drug-likeness (QED) is 0.614. The fourth-order valence-corrected chi connectivity index (χ4v) is 2.22. The van der Waals surface area contributed by atoms with Crippen LogP contribution in [0.5, 0.6) is 0 Å². The molecule has 26 heavy (non-hydrogen) atoms. The maximum atomic E-state index is 13.0. The van der Waals surface area contributed by atoms with Crippen LogP contribution in [0.3, 0.4) is 0 Å². The number of nitrogens with zero attached hydrogens (tertiary/aromatic N) is 1. The number of hydrogen-bond acceptors (Lipinski definition) is 3. The molecule has 0 saturated heterocycles. The van der Waals surface area contributed by atoms with E-state index in [4.69, 9.17) is 5.26 Å². The molecule has 2 N–H and O–H groups in total. The number of amides is 1. The number of rotatable bonds is 5. The Morgan fingerprint density at radius 2 is 1.73 bits per heavy atom. The van der Waals surface area contributed by atoms with Gasteiger partial charge in [0.05, 0.1) is 11.3 Å². The minimum absolute atomic E-state index is 0.185. The molecular formula is C19H16F3N3O. The van der Waals surface area contributed by atoms with E-state index in [9.17, 15) is 18.0 Å². The predicted octanol–water partition coefficient (Wildman–Crippen LogP) is 4.40. The van der Waals surface area contributed by atoms with Crippen LogP contribution in [0.1, 0.15) is 24.1 Å². The second-order valence-corrected chi connectivity index (χ2v) is 5.47.